The Morgan fingerprint density at radius 1 is 1.05 bits per heavy atom. The summed E-state index contributed by atoms with van der Waals surface area (Å²) in [5.41, 5.74) is 0. The molecule has 0 aromatic rings. The van der Waals surface area contributed by atoms with Crippen molar-refractivity contribution < 1.29 is 33.2 Å². The Bertz CT molecular complexity index is 397. The van der Waals surface area contributed by atoms with Gasteiger partial charge >= 0.3 is 0 Å². The van der Waals surface area contributed by atoms with E-state index in [1.165, 1.54) is 0 Å². The molecular formula is C14H24O7. The van der Waals surface area contributed by atoms with E-state index in [0.29, 0.717) is 6.61 Å². The first kappa shape index (κ1) is 15.6. The first-order valence-corrected chi connectivity index (χ1v) is 7.21. The third-order valence-electron chi connectivity index (χ3n) is 3.80. The fourth-order valence-electron chi connectivity index (χ4n) is 3.14. The second kappa shape index (κ2) is 5.13. The van der Waals surface area contributed by atoms with E-state index < -0.39 is 17.4 Å². The molecule has 0 N–H and O–H groups in total. The summed E-state index contributed by atoms with van der Waals surface area (Å²) < 4.78 is 40.1. The molecule has 3 saturated heterocycles. The van der Waals surface area contributed by atoms with Crippen LogP contribution in [0.2, 0.25) is 0 Å². The van der Waals surface area contributed by atoms with E-state index in [-0.39, 0.29) is 31.7 Å². The standard InChI is InChI=1S/C14H24O7/c1-12(2)17-6-9-10(19-12)11-14(18-9,7-16-8-15-5)21-13(3,4)20-11/h9-11H,6-8H2,1-5H3/t9-,10+,11-,14-/m0/s1. The van der Waals surface area contributed by atoms with Crippen LogP contribution in [0.4, 0.5) is 0 Å². The van der Waals surface area contributed by atoms with Crippen LogP contribution >= 0.6 is 0 Å². The molecule has 0 unspecified atom stereocenters. The van der Waals surface area contributed by atoms with Crippen LogP contribution in [0, 0.1) is 0 Å². The summed E-state index contributed by atoms with van der Waals surface area (Å²) in [7, 11) is 1.57. The van der Waals surface area contributed by atoms with Crippen molar-refractivity contribution in [3.05, 3.63) is 0 Å². The summed E-state index contributed by atoms with van der Waals surface area (Å²) in [5, 5.41) is 0. The van der Waals surface area contributed by atoms with Gasteiger partial charge in [0.2, 0.25) is 5.79 Å². The van der Waals surface area contributed by atoms with Gasteiger partial charge < -0.3 is 33.2 Å². The van der Waals surface area contributed by atoms with Crippen molar-refractivity contribution in [3.63, 3.8) is 0 Å². The highest BCUT2D eigenvalue weighted by molar-refractivity contribution is 5.05. The molecule has 3 aliphatic rings. The molecule has 4 atom stereocenters. The average Bonchev–Trinajstić information content (AvgIpc) is 2.77. The number of ether oxygens (including phenoxy) is 7. The summed E-state index contributed by atoms with van der Waals surface area (Å²) in [6.45, 7) is 8.29. The lowest BCUT2D eigenvalue weighted by Gasteiger charge is -2.38. The summed E-state index contributed by atoms with van der Waals surface area (Å²) in [5.74, 6) is -2.40. The maximum Gasteiger partial charge on any atom is 0.224 e. The number of hydrogen-bond acceptors (Lipinski definition) is 7. The van der Waals surface area contributed by atoms with Gasteiger partial charge in [-0.3, -0.25) is 0 Å². The first-order valence-electron chi connectivity index (χ1n) is 7.21. The molecular weight excluding hydrogens is 280 g/mol. The lowest BCUT2D eigenvalue weighted by Crippen LogP contribution is -2.51. The molecule has 0 spiro atoms. The summed E-state index contributed by atoms with van der Waals surface area (Å²) in [4.78, 5) is 0. The minimum atomic E-state index is -0.985. The molecule has 0 aromatic carbocycles. The third kappa shape index (κ3) is 2.84. The third-order valence-corrected chi connectivity index (χ3v) is 3.80. The van der Waals surface area contributed by atoms with Crippen molar-refractivity contribution in [2.24, 2.45) is 0 Å². The predicted octanol–water partition coefficient (Wildman–Crippen LogP) is 1.00. The lowest BCUT2D eigenvalue weighted by molar-refractivity contribution is -0.332. The van der Waals surface area contributed by atoms with Gasteiger partial charge in [-0.1, -0.05) is 0 Å². The first-order chi connectivity index (χ1) is 9.77. The molecule has 0 bridgehead atoms. The van der Waals surface area contributed by atoms with Crippen LogP contribution in [0.15, 0.2) is 0 Å². The lowest BCUT2D eigenvalue weighted by atomic mass is 10.0. The van der Waals surface area contributed by atoms with Crippen LogP contribution in [-0.4, -0.2) is 62.8 Å². The molecule has 7 nitrogen and oxygen atoms in total. The summed E-state index contributed by atoms with van der Waals surface area (Å²) >= 11 is 0. The highest BCUT2D eigenvalue weighted by Crippen LogP contribution is 2.48. The Morgan fingerprint density at radius 2 is 1.81 bits per heavy atom. The predicted molar refractivity (Wildman–Crippen MR) is 70.4 cm³/mol. The van der Waals surface area contributed by atoms with Crippen molar-refractivity contribution in [2.75, 3.05) is 27.1 Å². The Kier molecular flexibility index (Phi) is 3.81. The van der Waals surface area contributed by atoms with Gasteiger partial charge in [-0.25, -0.2) is 0 Å². The van der Waals surface area contributed by atoms with Crippen LogP contribution in [0.5, 0.6) is 0 Å². The van der Waals surface area contributed by atoms with Crippen molar-refractivity contribution in [1.29, 1.82) is 0 Å². The largest absolute Gasteiger partial charge is 0.359 e. The van der Waals surface area contributed by atoms with Crippen molar-refractivity contribution in [3.8, 4) is 0 Å². The van der Waals surface area contributed by atoms with Gasteiger partial charge in [-0.05, 0) is 27.7 Å². The zero-order valence-electron chi connectivity index (χ0n) is 13.2. The van der Waals surface area contributed by atoms with Crippen molar-refractivity contribution in [2.45, 2.75) is 63.4 Å². The van der Waals surface area contributed by atoms with E-state index in [4.69, 9.17) is 33.2 Å². The molecule has 0 radical (unpaired) electrons. The molecule has 0 aromatic heterocycles. The van der Waals surface area contributed by atoms with Gasteiger partial charge in [0.25, 0.3) is 0 Å². The fourth-order valence-corrected chi connectivity index (χ4v) is 3.14. The van der Waals surface area contributed by atoms with E-state index in [9.17, 15) is 0 Å². The van der Waals surface area contributed by atoms with Gasteiger partial charge in [-0.2, -0.15) is 0 Å². The van der Waals surface area contributed by atoms with Gasteiger partial charge in [0.05, 0.1) is 6.61 Å². The maximum absolute atomic E-state index is 6.07. The second-order valence-electron chi connectivity index (χ2n) is 6.56. The van der Waals surface area contributed by atoms with E-state index >= 15 is 0 Å². The Hall–Kier alpha value is -0.280. The number of methoxy groups -OCH3 is 1. The molecule has 3 fully saturated rings. The smallest absolute Gasteiger partial charge is 0.224 e. The van der Waals surface area contributed by atoms with E-state index in [1.54, 1.807) is 7.11 Å². The molecule has 3 heterocycles. The van der Waals surface area contributed by atoms with E-state index in [1.807, 2.05) is 27.7 Å². The summed E-state index contributed by atoms with van der Waals surface area (Å²) in [6.07, 6.45) is -0.843. The van der Waals surface area contributed by atoms with Gasteiger partial charge in [0, 0.05) is 7.11 Å². The molecule has 7 heteroatoms. The number of hydrogen-bond donors (Lipinski definition) is 0. The van der Waals surface area contributed by atoms with Crippen LogP contribution in [0.3, 0.4) is 0 Å². The molecule has 3 aliphatic heterocycles. The molecule has 21 heavy (non-hydrogen) atoms. The molecule has 3 rings (SSSR count). The molecule has 0 amide bonds. The molecule has 122 valence electrons. The second-order valence-corrected chi connectivity index (χ2v) is 6.56. The van der Waals surface area contributed by atoms with Crippen LogP contribution < -0.4 is 0 Å². The Morgan fingerprint density at radius 3 is 2.52 bits per heavy atom. The zero-order chi connectivity index (χ0) is 15.3. The zero-order valence-corrected chi connectivity index (χ0v) is 13.2. The normalized spacial score (nSPS) is 43.6. The van der Waals surface area contributed by atoms with Gasteiger partial charge in [0.15, 0.2) is 11.6 Å². The average molecular weight is 304 g/mol. The SMILES string of the molecule is COCOC[C@@]12O[C@H]3COC(C)(C)O[C@H]3[C@@H]1OC(C)(C)O2. The Labute approximate surface area is 124 Å². The van der Waals surface area contributed by atoms with Crippen LogP contribution in [0.25, 0.3) is 0 Å². The summed E-state index contributed by atoms with van der Waals surface area (Å²) in [6, 6.07) is 0. The van der Waals surface area contributed by atoms with E-state index in [2.05, 4.69) is 0 Å². The highest BCUT2D eigenvalue weighted by atomic mass is 16.9. The monoisotopic (exact) mass is 304 g/mol. The van der Waals surface area contributed by atoms with Crippen molar-refractivity contribution >= 4 is 0 Å². The van der Waals surface area contributed by atoms with Crippen molar-refractivity contribution in [1.82, 2.24) is 0 Å². The van der Waals surface area contributed by atoms with Crippen LogP contribution in [-0.2, 0) is 33.2 Å². The molecule has 0 saturated carbocycles. The Balaban J connectivity index is 1.80. The minimum absolute atomic E-state index is 0.166. The maximum atomic E-state index is 6.07. The van der Waals surface area contributed by atoms with Gasteiger partial charge in [-0.15, -0.1) is 0 Å². The molecule has 0 aliphatic carbocycles. The fraction of sp³-hybridized carbons (Fsp3) is 1.00. The minimum Gasteiger partial charge on any atom is -0.359 e. The van der Waals surface area contributed by atoms with E-state index in [0.717, 1.165) is 0 Å². The van der Waals surface area contributed by atoms with Gasteiger partial charge in [0.1, 0.15) is 31.7 Å². The van der Waals surface area contributed by atoms with Crippen LogP contribution in [0.1, 0.15) is 27.7 Å². The topological polar surface area (TPSA) is 64.6 Å². The number of rotatable bonds is 4. The highest BCUT2D eigenvalue weighted by Gasteiger charge is 2.67. The quantitative estimate of drug-likeness (QED) is 0.567. The number of fused-ring (bicyclic) bond motifs is 3.